The largest absolute Gasteiger partial charge is 0.497 e. The smallest absolute Gasteiger partial charge is 0.114 e. The number of fused-ring (bicyclic) bond motifs is 1. The van der Waals surface area contributed by atoms with E-state index in [1.165, 1.54) is 25.7 Å². The summed E-state index contributed by atoms with van der Waals surface area (Å²) in [6.45, 7) is 2.24. The monoisotopic (exact) mass is 301 g/mol. The number of rotatable bonds is 3. The first kappa shape index (κ1) is 14.5. The van der Waals surface area contributed by atoms with E-state index in [-0.39, 0.29) is 6.61 Å². The normalized spacial score (nSPS) is 40.4. The molecule has 0 spiro atoms. The molecule has 3 nitrogen and oxygen atoms in total. The van der Waals surface area contributed by atoms with Crippen LogP contribution in [0.25, 0.3) is 0 Å². The van der Waals surface area contributed by atoms with E-state index < -0.39 is 0 Å². The fraction of sp³-hybridized carbons (Fsp3) is 0.684. The number of nitrogens with zero attached hydrogens (tertiary/aromatic N) is 1. The van der Waals surface area contributed by atoms with Crippen molar-refractivity contribution < 1.29 is 9.84 Å². The fourth-order valence-corrected chi connectivity index (χ4v) is 5.56. The van der Waals surface area contributed by atoms with Crippen LogP contribution in [0.4, 0.5) is 0 Å². The molecule has 0 amide bonds. The molecule has 22 heavy (non-hydrogen) atoms. The second-order valence-electron chi connectivity index (χ2n) is 7.30. The van der Waals surface area contributed by atoms with Crippen LogP contribution in [0, 0.1) is 17.3 Å². The third-order valence-electron chi connectivity index (χ3n) is 6.53. The highest BCUT2D eigenvalue weighted by molar-refractivity contribution is 5.38. The molecule has 3 aliphatic carbocycles. The maximum Gasteiger partial charge on any atom is 0.114 e. The average Bonchev–Trinajstić information content (AvgIpc) is 2.57. The Morgan fingerprint density at radius 1 is 1.41 bits per heavy atom. The summed E-state index contributed by atoms with van der Waals surface area (Å²) in [7, 11) is 1.79. The van der Waals surface area contributed by atoms with Crippen LogP contribution in [0.15, 0.2) is 35.6 Å². The minimum Gasteiger partial charge on any atom is -0.497 e. The van der Waals surface area contributed by atoms with Crippen molar-refractivity contribution in [3.8, 4) is 0 Å². The summed E-state index contributed by atoms with van der Waals surface area (Å²) in [5.41, 5.74) is 2.02. The number of likely N-dealkylation sites (tertiary alicyclic amines) is 1. The molecule has 1 N–H and O–H groups in total. The molecule has 0 aromatic carbocycles. The lowest BCUT2D eigenvalue weighted by Gasteiger charge is -2.60. The van der Waals surface area contributed by atoms with Gasteiger partial charge in [-0.15, -0.1) is 0 Å². The van der Waals surface area contributed by atoms with Crippen LogP contribution in [0.5, 0.6) is 0 Å². The molecular weight excluding hydrogens is 274 g/mol. The number of hydrogen-bond donors (Lipinski definition) is 1. The van der Waals surface area contributed by atoms with Gasteiger partial charge < -0.3 is 9.84 Å². The predicted octanol–water partition coefficient (Wildman–Crippen LogP) is 2.89. The van der Waals surface area contributed by atoms with Gasteiger partial charge >= 0.3 is 0 Å². The molecule has 120 valence electrons. The SMILES string of the molecule is COC1=CCC2C[C@@H]3[C@H]4C=CCC[C@]4(CCN3CCO)C2=C1. The lowest BCUT2D eigenvalue weighted by atomic mass is 9.50. The number of piperidine rings is 1. The number of hydrogen-bond acceptors (Lipinski definition) is 3. The molecular formula is C19H27NO2. The molecule has 2 bridgehead atoms. The number of ether oxygens (including phenoxy) is 1. The van der Waals surface area contributed by atoms with E-state index in [9.17, 15) is 5.11 Å². The second-order valence-corrected chi connectivity index (χ2v) is 7.30. The van der Waals surface area contributed by atoms with Gasteiger partial charge in [0.2, 0.25) is 0 Å². The van der Waals surface area contributed by atoms with Crippen molar-refractivity contribution in [2.45, 2.75) is 38.1 Å². The Hall–Kier alpha value is -1.06. The molecule has 1 heterocycles. The molecule has 0 aromatic heterocycles. The van der Waals surface area contributed by atoms with Crippen LogP contribution in [-0.4, -0.2) is 42.9 Å². The molecule has 1 unspecified atom stereocenters. The van der Waals surface area contributed by atoms with Crippen LogP contribution in [-0.2, 0) is 4.74 Å². The van der Waals surface area contributed by atoms with Crippen LogP contribution in [0.1, 0.15) is 32.1 Å². The van der Waals surface area contributed by atoms with E-state index in [0.29, 0.717) is 23.3 Å². The van der Waals surface area contributed by atoms with Crippen LogP contribution >= 0.6 is 0 Å². The minimum absolute atomic E-state index is 0.279. The molecule has 4 atom stereocenters. The molecule has 0 radical (unpaired) electrons. The van der Waals surface area contributed by atoms with Crippen molar-refractivity contribution in [1.82, 2.24) is 4.90 Å². The molecule has 4 aliphatic rings. The molecule has 1 aliphatic heterocycles. The summed E-state index contributed by atoms with van der Waals surface area (Å²) in [6.07, 6.45) is 15.6. The Kier molecular flexibility index (Phi) is 3.66. The molecule has 1 saturated heterocycles. The summed E-state index contributed by atoms with van der Waals surface area (Å²) < 4.78 is 5.54. The zero-order valence-electron chi connectivity index (χ0n) is 13.5. The number of allylic oxidation sites excluding steroid dienone is 4. The van der Waals surface area contributed by atoms with E-state index >= 15 is 0 Å². The van der Waals surface area contributed by atoms with E-state index in [0.717, 1.165) is 25.3 Å². The summed E-state index contributed by atoms with van der Waals surface area (Å²) in [5.74, 6) is 2.36. The third kappa shape index (κ3) is 2.02. The van der Waals surface area contributed by atoms with Crippen LogP contribution in [0.2, 0.25) is 0 Å². The zero-order valence-corrected chi connectivity index (χ0v) is 13.5. The highest BCUT2D eigenvalue weighted by Gasteiger charge is 2.55. The molecule has 1 saturated carbocycles. The van der Waals surface area contributed by atoms with Gasteiger partial charge in [0.05, 0.1) is 13.7 Å². The molecule has 3 heteroatoms. The van der Waals surface area contributed by atoms with Gasteiger partial charge in [0, 0.05) is 23.9 Å². The highest BCUT2D eigenvalue weighted by atomic mass is 16.5. The number of aliphatic hydroxyl groups excluding tert-OH is 1. The first-order chi connectivity index (χ1) is 10.8. The second kappa shape index (κ2) is 5.54. The lowest BCUT2D eigenvalue weighted by Crippen LogP contribution is -2.60. The first-order valence-electron chi connectivity index (χ1n) is 8.76. The van der Waals surface area contributed by atoms with Crippen LogP contribution in [0.3, 0.4) is 0 Å². The zero-order chi connectivity index (χ0) is 15.2. The number of β-amino-alcohol motifs (C(OH)–C–C–N with tert-alkyl or cyclic N) is 1. The Bertz CT molecular complexity index is 536. The first-order valence-corrected chi connectivity index (χ1v) is 8.76. The molecule has 0 aromatic rings. The van der Waals surface area contributed by atoms with Crippen LogP contribution < -0.4 is 0 Å². The Morgan fingerprint density at radius 3 is 3.14 bits per heavy atom. The van der Waals surface area contributed by atoms with E-state index in [1.54, 1.807) is 12.7 Å². The average molecular weight is 301 g/mol. The van der Waals surface area contributed by atoms with Crippen molar-refractivity contribution in [1.29, 1.82) is 0 Å². The summed E-state index contributed by atoms with van der Waals surface area (Å²) in [4.78, 5) is 2.55. The van der Waals surface area contributed by atoms with Crippen molar-refractivity contribution in [2.75, 3.05) is 26.8 Å². The maximum absolute atomic E-state index is 9.41. The van der Waals surface area contributed by atoms with E-state index in [4.69, 9.17) is 4.74 Å². The van der Waals surface area contributed by atoms with Gasteiger partial charge in [0.15, 0.2) is 0 Å². The number of aliphatic hydroxyl groups is 1. The van der Waals surface area contributed by atoms with Gasteiger partial charge in [-0.3, -0.25) is 4.90 Å². The van der Waals surface area contributed by atoms with Gasteiger partial charge in [-0.2, -0.15) is 0 Å². The minimum atomic E-state index is 0.279. The highest BCUT2D eigenvalue weighted by Crippen LogP contribution is 2.60. The van der Waals surface area contributed by atoms with Gasteiger partial charge in [-0.05, 0) is 56.7 Å². The fourth-order valence-electron chi connectivity index (χ4n) is 5.56. The van der Waals surface area contributed by atoms with Gasteiger partial charge in [0.25, 0.3) is 0 Å². The van der Waals surface area contributed by atoms with Gasteiger partial charge in [-0.25, -0.2) is 0 Å². The summed E-state index contributed by atoms with van der Waals surface area (Å²) in [5, 5.41) is 9.41. The number of methoxy groups -OCH3 is 1. The maximum atomic E-state index is 9.41. The van der Waals surface area contributed by atoms with Crippen molar-refractivity contribution in [2.24, 2.45) is 17.3 Å². The van der Waals surface area contributed by atoms with E-state index in [1.807, 2.05) is 0 Å². The topological polar surface area (TPSA) is 32.7 Å². The standard InChI is InChI=1S/C19H27NO2/c1-22-15-6-5-14-12-18-16-4-2-3-7-19(16,17(14)13-15)8-9-20(18)10-11-21/h2,4,6,13-14,16,18,21H,3,5,7-12H2,1H3/t14?,16-,18-,19-/m1/s1. The molecule has 2 fully saturated rings. The summed E-state index contributed by atoms with van der Waals surface area (Å²) >= 11 is 0. The predicted molar refractivity (Wildman–Crippen MR) is 87.3 cm³/mol. The van der Waals surface area contributed by atoms with E-state index in [2.05, 4.69) is 29.2 Å². The Balaban J connectivity index is 1.75. The Labute approximate surface area is 133 Å². The van der Waals surface area contributed by atoms with Crippen molar-refractivity contribution in [3.63, 3.8) is 0 Å². The van der Waals surface area contributed by atoms with Crippen molar-refractivity contribution in [3.05, 3.63) is 35.6 Å². The quantitative estimate of drug-likeness (QED) is 0.814. The lowest BCUT2D eigenvalue weighted by molar-refractivity contribution is -0.0313. The van der Waals surface area contributed by atoms with Gasteiger partial charge in [-0.1, -0.05) is 17.7 Å². The Morgan fingerprint density at radius 2 is 2.32 bits per heavy atom. The third-order valence-corrected chi connectivity index (χ3v) is 6.53. The van der Waals surface area contributed by atoms with Gasteiger partial charge in [0.1, 0.15) is 5.76 Å². The summed E-state index contributed by atoms with van der Waals surface area (Å²) in [6, 6.07) is 0.608. The molecule has 4 rings (SSSR count). The van der Waals surface area contributed by atoms with Crippen molar-refractivity contribution >= 4 is 0 Å².